The minimum atomic E-state index is -1.07. The first-order valence-corrected chi connectivity index (χ1v) is 24.0. The fourth-order valence-electron chi connectivity index (χ4n) is 9.43. The van der Waals surface area contributed by atoms with Gasteiger partial charge in [-0.3, -0.25) is 0 Å². The van der Waals surface area contributed by atoms with Crippen LogP contribution < -0.4 is 13.2 Å². The van der Waals surface area contributed by atoms with Gasteiger partial charge < -0.3 is 0 Å². The summed E-state index contributed by atoms with van der Waals surface area (Å²) >= 11 is -0.507. The van der Waals surface area contributed by atoms with E-state index in [9.17, 15) is 0 Å². The number of benzene rings is 10. The van der Waals surface area contributed by atoms with Crippen LogP contribution in [-0.4, -0.2) is 31.9 Å². The van der Waals surface area contributed by atoms with Crippen molar-refractivity contribution in [3.05, 3.63) is 188 Å². The second-order valence-electron chi connectivity index (χ2n) is 14.8. The van der Waals surface area contributed by atoms with Crippen LogP contribution in [0.4, 0.5) is 0 Å². The first kappa shape index (κ1) is 31.8. The number of rotatable bonds is 4. The van der Waals surface area contributed by atoms with E-state index in [0.29, 0.717) is 16.5 Å². The van der Waals surface area contributed by atoms with Crippen molar-refractivity contribution in [1.29, 1.82) is 0 Å². The van der Waals surface area contributed by atoms with Gasteiger partial charge in [0.2, 0.25) is 0 Å². The van der Waals surface area contributed by atoms with Gasteiger partial charge in [0.1, 0.15) is 0 Å². The van der Waals surface area contributed by atoms with Crippen LogP contribution in [-0.2, 0) is 0 Å². The average Bonchev–Trinajstić information content (AvgIpc) is 3.62. The molecule has 0 saturated heterocycles. The van der Waals surface area contributed by atoms with Gasteiger partial charge in [0.15, 0.2) is 0 Å². The molecule has 0 spiro atoms. The van der Waals surface area contributed by atoms with Crippen molar-refractivity contribution in [3.8, 4) is 55.6 Å². The van der Waals surface area contributed by atoms with Gasteiger partial charge in [-0.25, -0.2) is 0 Å². The third-order valence-electron chi connectivity index (χ3n) is 11.8. The maximum atomic E-state index is 2.52. The molecule has 1 aliphatic heterocycles. The molecule has 0 unspecified atom stereocenters. The summed E-state index contributed by atoms with van der Waals surface area (Å²) in [7, 11) is 0. The van der Waals surface area contributed by atoms with Crippen molar-refractivity contribution >= 4 is 88.2 Å². The van der Waals surface area contributed by atoms with E-state index in [1.807, 2.05) is 0 Å². The Kier molecular flexibility index (Phi) is 7.50. The molecule has 0 nitrogen and oxygen atoms in total. The molecular formula is C52H36Ge2. The fraction of sp³-hybridized carbons (Fsp3) is 0. The van der Waals surface area contributed by atoms with E-state index in [4.69, 9.17) is 0 Å². The summed E-state index contributed by atoms with van der Waals surface area (Å²) < 4.78 is 4.66. The van der Waals surface area contributed by atoms with Crippen LogP contribution in [0.3, 0.4) is 0 Å². The van der Waals surface area contributed by atoms with E-state index in [1.165, 1.54) is 103 Å². The van der Waals surface area contributed by atoms with Crippen molar-refractivity contribution < 1.29 is 0 Å². The van der Waals surface area contributed by atoms with Gasteiger partial charge in [-0.15, -0.1) is 0 Å². The Morgan fingerprint density at radius 1 is 0.278 bits per heavy atom. The summed E-state index contributed by atoms with van der Waals surface area (Å²) in [6.45, 7) is 0. The molecule has 0 bridgehead atoms. The predicted molar refractivity (Wildman–Crippen MR) is 241 cm³/mol. The zero-order valence-corrected chi connectivity index (χ0v) is 37.3. The summed E-state index contributed by atoms with van der Waals surface area (Å²) in [5.74, 6) is 0. The molecule has 1 heterocycles. The Bertz CT molecular complexity index is 3150. The van der Waals surface area contributed by atoms with Crippen LogP contribution in [0.15, 0.2) is 188 Å². The zero-order valence-electron chi connectivity index (χ0n) is 30.1. The molecule has 0 aromatic heterocycles. The summed E-state index contributed by atoms with van der Waals surface area (Å²) in [5.41, 5.74) is 13.4. The Hall–Kier alpha value is -5.67. The standard InChI is InChI=1S/C52H36Ge2/c53-48-27-9-7-20-40(48)36-18-5-4-17-35(36)37-22-11-24-42-45(37)31-46-39(41-26-13-29-50-52(41)44-21-8-10-28-49(44)54-50)23-12-25-43(46)51(42)47-30-32-14-1-2-15-33(32)34-16-3-6-19-38(34)47/h1-31H,54H2,53H3. The van der Waals surface area contributed by atoms with Gasteiger partial charge in [-0.05, 0) is 0 Å². The molecule has 10 aromatic carbocycles. The minimum absolute atomic E-state index is 0.559. The molecule has 0 fully saturated rings. The molecule has 0 atom stereocenters. The SMILES string of the molecule is [GeH3][c]1ccccc1-c1ccccc1-c1cccc2c(-c3cc4ccccc4c4ccccc34)c3cccc(-c4ccc[c]5c4-c4cccc[c]4[GeH2]5)c3cc12. The van der Waals surface area contributed by atoms with E-state index in [2.05, 4.69) is 188 Å². The predicted octanol–water partition coefficient (Wildman–Crippen LogP) is 10.1. The van der Waals surface area contributed by atoms with E-state index in [0.717, 1.165) is 0 Å². The fourth-order valence-corrected chi connectivity index (χ4v) is 14.9. The van der Waals surface area contributed by atoms with E-state index < -0.39 is 15.4 Å². The molecule has 0 amide bonds. The summed E-state index contributed by atoms with van der Waals surface area (Å²) in [5, 5.41) is 10.3. The van der Waals surface area contributed by atoms with Crippen molar-refractivity contribution in [2.45, 2.75) is 0 Å². The summed E-state index contributed by atoms with van der Waals surface area (Å²) in [6, 6.07) is 71.1. The quantitative estimate of drug-likeness (QED) is 0.0945. The zero-order chi connectivity index (χ0) is 35.8. The summed E-state index contributed by atoms with van der Waals surface area (Å²) in [6.07, 6.45) is 0. The topological polar surface area (TPSA) is 0 Å². The molecule has 0 aliphatic carbocycles. The van der Waals surface area contributed by atoms with Gasteiger partial charge in [0.05, 0.1) is 0 Å². The Labute approximate surface area is 329 Å². The first-order valence-electron chi connectivity index (χ1n) is 19.0. The normalized spacial score (nSPS) is 12.6. The van der Waals surface area contributed by atoms with E-state index in [1.54, 1.807) is 8.79 Å². The maximum absolute atomic E-state index is 2.52. The van der Waals surface area contributed by atoms with Crippen LogP contribution >= 0.6 is 0 Å². The Balaban J connectivity index is 1.30. The second kappa shape index (κ2) is 12.7. The number of fused-ring (bicyclic) bond motifs is 8. The first-order chi connectivity index (χ1) is 26.7. The van der Waals surface area contributed by atoms with Crippen LogP contribution in [0.25, 0.3) is 98.7 Å². The third kappa shape index (κ3) is 4.90. The third-order valence-corrected chi connectivity index (χ3v) is 17.8. The van der Waals surface area contributed by atoms with Gasteiger partial charge >= 0.3 is 326 Å². The molecule has 252 valence electrons. The number of hydrogen-bond acceptors (Lipinski definition) is 0. The van der Waals surface area contributed by atoms with Crippen LogP contribution in [0.2, 0.25) is 0 Å². The summed E-state index contributed by atoms with van der Waals surface area (Å²) in [4.78, 5) is 0. The van der Waals surface area contributed by atoms with Gasteiger partial charge in [-0.1, -0.05) is 6.07 Å². The van der Waals surface area contributed by atoms with Gasteiger partial charge in [0.25, 0.3) is 0 Å². The molecule has 0 radical (unpaired) electrons. The molecule has 54 heavy (non-hydrogen) atoms. The Morgan fingerprint density at radius 2 is 0.778 bits per heavy atom. The molecule has 1 aliphatic rings. The Morgan fingerprint density at radius 3 is 1.54 bits per heavy atom. The van der Waals surface area contributed by atoms with Crippen LogP contribution in [0, 0.1) is 0 Å². The van der Waals surface area contributed by atoms with E-state index >= 15 is 0 Å². The molecular weight excluding hydrogens is 770 g/mol. The molecule has 2 heteroatoms. The van der Waals surface area contributed by atoms with Gasteiger partial charge in [0, 0.05) is 0 Å². The van der Waals surface area contributed by atoms with Crippen molar-refractivity contribution in [1.82, 2.24) is 0 Å². The number of hydrogen-bond donors (Lipinski definition) is 0. The molecule has 0 saturated carbocycles. The van der Waals surface area contributed by atoms with Crippen molar-refractivity contribution in [2.75, 3.05) is 0 Å². The van der Waals surface area contributed by atoms with Crippen LogP contribution in [0.1, 0.15) is 0 Å². The molecule has 0 N–H and O–H groups in total. The van der Waals surface area contributed by atoms with E-state index in [-0.39, 0.29) is 0 Å². The molecule has 11 rings (SSSR count). The van der Waals surface area contributed by atoms with Crippen molar-refractivity contribution in [3.63, 3.8) is 0 Å². The van der Waals surface area contributed by atoms with Crippen molar-refractivity contribution in [2.24, 2.45) is 0 Å². The van der Waals surface area contributed by atoms with Crippen LogP contribution in [0.5, 0.6) is 0 Å². The monoisotopic (exact) mass is 808 g/mol. The average molecular weight is 806 g/mol. The second-order valence-corrected chi connectivity index (χ2v) is 21.0. The van der Waals surface area contributed by atoms with Gasteiger partial charge in [-0.2, -0.15) is 0 Å². The molecule has 10 aromatic rings.